The van der Waals surface area contributed by atoms with E-state index in [4.69, 9.17) is 0 Å². The Morgan fingerprint density at radius 2 is 2.00 bits per heavy atom. The summed E-state index contributed by atoms with van der Waals surface area (Å²) in [5.41, 5.74) is 4.16. The summed E-state index contributed by atoms with van der Waals surface area (Å²) < 4.78 is 0. The zero-order chi connectivity index (χ0) is 13.7. The lowest BCUT2D eigenvalue weighted by molar-refractivity contribution is 0.0955. The highest BCUT2D eigenvalue weighted by molar-refractivity contribution is 7.11. The van der Waals surface area contributed by atoms with E-state index < -0.39 is 0 Å². The first kappa shape index (κ1) is 13.3. The molecule has 4 nitrogen and oxygen atoms in total. The molecule has 1 amide bonds. The number of nitrogens with one attached hydrogen (secondary N) is 1. The van der Waals surface area contributed by atoms with Gasteiger partial charge in [0.05, 0.1) is 6.21 Å². The number of amides is 1. The van der Waals surface area contributed by atoms with Gasteiger partial charge in [-0.1, -0.05) is 6.07 Å². The van der Waals surface area contributed by atoms with Crippen LogP contribution in [0.5, 0.6) is 0 Å². The zero-order valence-electron chi connectivity index (χ0n) is 10.8. The van der Waals surface area contributed by atoms with Crippen LogP contribution in [0, 0.1) is 0 Å². The maximum atomic E-state index is 11.8. The van der Waals surface area contributed by atoms with E-state index in [1.165, 1.54) is 0 Å². The van der Waals surface area contributed by atoms with Gasteiger partial charge in [0, 0.05) is 30.2 Å². The number of hydrazone groups is 1. The number of thiophene rings is 1. The first-order chi connectivity index (χ1) is 9.16. The van der Waals surface area contributed by atoms with Crippen molar-refractivity contribution in [1.29, 1.82) is 0 Å². The second kappa shape index (κ2) is 6.15. The standard InChI is InChI=1S/C14H15N3OS/c1-17(2)12-7-5-11(6-8-12)14(18)16-15-10-13-4-3-9-19-13/h3-10H,1-2H3,(H,16,18)/b15-10+. The second-order valence-corrected chi connectivity index (χ2v) is 5.14. The molecule has 0 aliphatic carbocycles. The molecule has 0 saturated heterocycles. The third-order valence-electron chi connectivity index (χ3n) is 2.55. The van der Waals surface area contributed by atoms with Crippen molar-refractivity contribution >= 4 is 29.1 Å². The first-order valence-electron chi connectivity index (χ1n) is 5.81. The predicted molar refractivity (Wildman–Crippen MR) is 80.1 cm³/mol. The van der Waals surface area contributed by atoms with Gasteiger partial charge >= 0.3 is 0 Å². The Morgan fingerprint density at radius 1 is 1.26 bits per heavy atom. The molecule has 0 aliphatic heterocycles. The van der Waals surface area contributed by atoms with Gasteiger partial charge in [-0.05, 0) is 35.7 Å². The minimum atomic E-state index is -0.210. The largest absolute Gasteiger partial charge is 0.378 e. The molecule has 0 bridgehead atoms. The molecule has 2 rings (SSSR count). The lowest BCUT2D eigenvalue weighted by atomic mass is 10.2. The number of carbonyl (C=O) groups is 1. The lowest BCUT2D eigenvalue weighted by Gasteiger charge is -2.12. The minimum Gasteiger partial charge on any atom is -0.378 e. The molecule has 0 saturated carbocycles. The summed E-state index contributed by atoms with van der Waals surface area (Å²) >= 11 is 1.57. The summed E-state index contributed by atoms with van der Waals surface area (Å²) in [6, 6.07) is 11.2. The predicted octanol–water partition coefficient (Wildman–Crippen LogP) is 2.58. The Morgan fingerprint density at radius 3 is 2.58 bits per heavy atom. The van der Waals surface area contributed by atoms with Crippen LogP contribution >= 0.6 is 11.3 Å². The van der Waals surface area contributed by atoms with Crippen LogP contribution in [0.15, 0.2) is 46.9 Å². The Hall–Kier alpha value is -2.14. The van der Waals surface area contributed by atoms with Crippen molar-refractivity contribution in [1.82, 2.24) is 5.43 Å². The fourth-order valence-electron chi connectivity index (χ4n) is 1.49. The maximum absolute atomic E-state index is 11.8. The van der Waals surface area contributed by atoms with Crippen LogP contribution in [-0.2, 0) is 0 Å². The summed E-state index contributed by atoms with van der Waals surface area (Å²) in [7, 11) is 3.92. The SMILES string of the molecule is CN(C)c1ccc(C(=O)N/N=C/c2cccs2)cc1. The first-order valence-corrected chi connectivity index (χ1v) is 6.69. The molecule has 0 unspecified atom stereocenters. The molecule has 1 aromatic carbocycles. The van der Waals surface area contributed by atoms with E-state index in [1.807, 2.05) is 48.6 Å². The number of rotatable bonds is 4. The Kier molecular flexibility index (Phi) is 4.30. The average molecular weight is 273 g/mol. The van der Waals surface area contributed by atoms with Crippen molar-refractivity contribution in [2.45, 2.75) is 0 Å². The van der Waals surface area contributed by atoms with Gasteiger partial charge in [-0.25, -0.2) is 5.43 Å². The van der Waals surface area contributed by atoms with Crippen molar-refractivity contribution in [3.8, 4) is 0 Å². The maximum Gasteiger partial charge on any atom is 0.271 e. The fraction of sp³-hybridized carbons (Fsp3) is 0.143. The van der Waals surface area contributed by atoms with Crippen molar-refractivity contribution in [2.24, 2.45) is 5.10 Å². The quantitative estimate of drug-likeness (QED) is 0.687. The number of hydrogen-bond acceptors (Lipinski definition) is 4. The number of nitrogens with zero attached hydrogens (tertiary/aromatic N) is 2. The lowest BCUT2D eigenvalue weighted by Crippen LogP contribution is -2.17. The van der Waals surface area contributed by atoms with Crippen LogP contribution in [0.25, 0.3) is 0 Å². The van der Waals surface area contributed by atoms with Gasteiger partial charge in [-0.3, -0.25) is 4.79 Å². The highest BCUT2D eigenvalue weighted by Gasteiger charge is 2.04. The number of benzene rings is 1. The van der Waals surface area contributed by atoms with Crippen LogP contribution in [-0.4, -0.2) is 26.2 Å². The summed E-state index contributed by atoms with van der Waals surface area (Å²) in [6.07, 6.45) is 1.64. The van der Waals surface area contributed by atoms with Gasteiger partial charge in [0.1, 0.15) is 0 Å². The molecular formula is C14H15N3OS. The van der Waals surface area contributed by atoms with Gasteiger partial charge < -0.3 is 4.90 Å². The van der Waals surface area contributed by atoms with Gasteiger partial charge in [0.2, 0.25) is 0 Å². The molecule has 1 heterocycles. The van der Waals surface area contributed by atoms with Gasteiger partial charge in [0.15, 0.2) is 0 Å². The smallest absolute Gasteiger partial charge is 0.271 e. The van der Waals surface area contributed by atoms with Crippen LogP contribution in [0.2, 0.25) is 0 Å². The molecular weight excluding hydrogens is 258 g/mol. The molecule has 0 atom stereocenters. The van der Waals surface area contributed by atoms with Crippen molar-refractivity contribution < 1.29 is 4.79 Å². The number of hydrogen-bond donors (Lipinski definition) is 1. The van der Waals surface area contributed by atoms with Crippen LogP contribution < -0.4 is 10.3 Å². The topological polar surface area (TPSA) is 44.7 Å². The van der Waals surface area contributed by atoms with Gasteiger partial charge in [-0.2, -0.15) is 5.10 Å². The molecule has 5 heteroatoms. The average Bonchev–Trinajstić information content (AvgIpc) is 2.92. The summed E-state index contributed by atoms with van der Waals surface area (Å²) in [5, 5.41) is 5.88. The van der Waals surface area contributed by atoms with E-state index in [9.17, 15) is 4.79 Å². The molecule has 0 spiro atoms. The Labute approximate surface area is 116 Å². The fourth-order valence-corrected chi connectivity index (χ4v) is 2.08. The zero-order valence-corrected chi connectivity index (χ0v) is 11.6. The van der Waals surface area contributed by atoms with Gasteiger partial charge in [-0.15, -0.1) is 11.3 Å². The molecule has 0 radical (unpaired) electrons. The van der Waals surface area contributed by atoms with Crippen LogP contribution in [0.1, 0.15) is 15.2 Å². The van der Waals surface area contributed by atoms with E-state index in [-0.39, 0.29) is 5.91 Å². The molecule has 1 N–H and O–H groups in total. The third-order valence-corrected chi connectivity index (χ3v) is 3.35. The van der Waals surface area contributed by atoms with E-state index >= 15 is 0 Å². The molecule has 0 fully saturated rings. The van der Waals surface area contributed by atoms with Crippen molar-refractivity contribution in [3.05, 3.63) is 52.2 Å². The van der Waals surface area contributed by atoms with Crippen molar-refractivity contribution in [3.63, 3.8) is 0 Å². The van der Waals surface area contributed by atoms with E-state index in [1.54, 1.807) is 29.7 Å². The summed E-state index contributed by atoms with van der Waals surface area (Å²) in [4.78, 5) is 14.8. The molecule has 19 heavy (non-hydrogen) atoms. The van der Waals surface area contributed by atoms with Crippen molar-refractivity contribution in [2.75, 3.05) is 19.0 Å². The normalized spacial score (nSPS) is 10.6. The summed E-state index contributed by atoms with van der Waals surface area (Å²) in [6.45, 7) is 0. The summed E-state index contributed by atoms with van der Waals surface area (Å²) in [5.74, 6) is -0.210. The van der Waals surface area contributed by atoms with Gasteiger partial charge in [0.25, 0.3) is 5.91 Å². The van der Waals surface area contributed by atoms with Crippen LogP contribution in [0.4, 0.5) is 5.69 Å². The third kappa shape index (κ3) is 3.66. The highest BCUT2D eigenvalue weighted by atomic mass is 32.1. The van der Waals surface area contributed by atoms with E-state index in [0.717, 1.165) is 10.6 Å². The molecule has 2 aromatic rings. The molecule has 0 aliphatic rings. The number of carbonyl (C=O) groups excluding carboxylic acids is 1. The van der Waals surface area contributed by atoms with Crippen LogP contribution in [0.3, 0.4) is 0 Å². The highest BCUT2D eigenvalue weighted by Crippen LogP contribution is 2.12. The Balaban J connectivity index is 1.96. The molecule has 1 aromatic heterocycles. The monoisotopic (exact) mass is 273 g/mol. The number of anilines is 1. The minimum absolute atomic E-state index is 0.210. The second-order valence-electron chi connectivity index (χ2n) is 4.16. The Bertz CT molecular complexity index is 559. The van der Waals surface area contributed by atoms with E-state index in [0.29, 0.717) is 5.56 Å². The molecule has 98 valence electrons. The van der Waals surface area contributed by atoms with E-state index in [2.05, 4.69) is 10.5 Å².